The number of halogens is 1. The summed E-state index contributed by atoms with van der Waals surface area (Å²) < 4.78 is 0. The van der Waals surface area contributed by atoms with Crippen LogP contribution in [0.2, 0.25) is 5.02 Å². The number of rotatable bonds is 4. The van der Waals surface area contributed by atoms with Crippen molar-refractivity contribution in [1.82, 2.24) is 5.32 Å². The predicted octanol–water partition coefficient (Wildman–Crippen LogP) is 3.58. The van der Waals surface area contributed by atoms with E-state index in [1.54, 1.807) is 0 Å². The molecule has 0 bridgehead atoms. The molecule has 2 fully saturated rings. The second-order valence-corrected chi connectivity index (χ2v) is 6.02. The van der Waals surface area contributed by atoms with Crippen LogP contribution in [-0.2, 0) is 6.54 Å². The Balaban J connectivity index is 1.70. The van der Waals surface area contributed by atoms with E-state index in [0.29, 0.717) is 6.04 Å². The fraction of sp³-hybridized carbons (Fsp3) is 0.600. The van der Waals surface area contributed by atoms with Crippen LogP contribution < -0.4 is 10.2 Å². The summed E-state index contributed by atoms with van der Waals surface area (Å²) in [5, 5.41) is 4.42. The van der Waals surface area contributed by atoms with Gasteiger partial charge in [0.2, 0.25) is 0 Å². The lowest BCUT2D eigenvalue weighted by atomic mass is 10.1. The normalized spacial score (nSPS) is 23.7. The highest BCUT2D eigenvalue weighted by atomic mass is 35.5. The maximum atomic E-state index is 6.39. The van der Waals surface area contributed by atoms with Crippen molar-refractivity contribution in [2.24, 2.45) is 0 Å². The van der Waals surface area contributed by atoms with Crippen molar-refractivity contribution in [1.29, 1.82) is 0 Å². The van der Waals surface area contributed by atoms with Gasteiger partial charge in [0.15, 0.2) is 0 Å². The third kappa shape index (κ3) is 2.65. The van der Waals surface area contributed by atoms with Gasteiger partial charge in [-0.3, -0.25) is 0 Å². The van der Waals surface area contributed by atoms with E-state index in [1.165, 1.54) is 36.9 Å². The lowest BCUT2D eigenvalue weighted by molar-refractivity contribution is 0.687. The van der Waals surface area contributed by atoms with E-state index in [-0.39, 0.29) is 0 Å². The van der Waals surface area contributed by atoms with E-state index in [4.69, 9.17) is 11.6 Å². The molecule has 2 nitrogen and oxygen atoms in total. The van der Waals surface area contributed by atoms with E-state index in [0.717, 1.165) is 24.2 Å². The minimum atomic E-state index is 0.650. The fourth-order valence-electron chi connectivity index (χ4n) is 2.72. The van der Waals surface area contributed by atoms with E-state index in [1.807, 2.05) is 0 Å². The largest absolute Gasteiger partial charge is 0.369 e. The van der Waals surface area contributed by atoms with Crippen molar-refractivity contribution in [2.75, 3.05) is 11.4 Å². The summed E-state index contributed by atoms with van der Waals surface area (Å²) >= 11 is 6.39. The Labute approximate surface area is 114 Å². The first-order valence-corrected chi connectivity index (χ1v) is 7.40. The highest BCUT2D eigenvalue weighted by Crippen LogP contribution is 2.29. The van der Waals surface area contributed by atoms with Gasteiger partial charge >= 0.3 is 0 Å². The van der Waals surface area contributed by atoms with Crippen molar-refractivity contribution in [2.45, 2.75) is 51.2 Å². The Kier molecular flexibility index (Phi) is 3.49. The Morgan fingerprint density at radius 2 is 2.17 bits per heavy atom. The molecule has 18 heavy (non-hydrogen) atoms. The van der Waals surface area contributed by atoms with Crippen LogP contribution in [0.3, 0.4) is 0 Å². The van der Waals surface area contributed by atoms with Crippen LogP contribution >= 0.6 is 11.6 Å². The number of hydrogen-bond acceptors (Lipinski definition) is 2. The van der Waals surface area contributed by atoms with Crippen LogP contribution in [0.5, 0.6) is 0 Å². The molecule has 1 saturated heterocycles. The maximum Gasteiger partial charge on any atom is 0.0471 e. The molecule has 3 heteroatoms. The van der Waals surface area contributed by atoms with Gasteiger partial charge in [-0.25, -0.2) is 0 Å². The maximum absolute atomic E-state index is 6.39. The van der Waals surface area contributed by atoms with Crippen LogP contribution in [0, 0.1) is 0 Å². The summed E-state index contributed by atoms with van der Waals surface area (Å²) in [7, 11) is 0. The molecular formula is C15H21ClN2. The molecule has 1 heterocycles. The molecule has 1 saturated carbocycles. The molecule has 1 aliphatic heterocycles. The summed E-state index contributed by atoms with van der Waals surface area (Å²) in [6.45, 7) is 4.36. The van der Waals surface area contributed by atoms with Crippen LogP contribution in [0.25, 0.3) is 0 Å². The average molecular weight is 265 g/mol. The monoisotopic (exact) mass is 264 g/mol. The third-order valence-electron chi connectivity index (χ3n) is 4.08. The predicted molar refractivity (Wildman–Crippen MR) is 77.4 cm³/mol. The van der Waals surface area contributed by atoms with Gasteiger partial charge < -0.3 is 10.2 Å². The topological polar surface area (TPSA) is 15.3 Å². The molecule has 0 amide bonds. The number of anilines is 1. The minimum absolute atomic E-state index is 0.650. The number of hydrogen-bond donors (Lipinski definition) is 1. The van der Waals surface area contributed by atoms with Crippen LogP contribution in [0.1, 0.15) is 38.2 Å². The van der Waals surface area contributed by atoms with Crippen molar-refractivity contribution in [3.8, 4) is 0 Å². The first-order valence-electron chi connectivity index (χ1n) is 7.02. The zero-order valence-corrected chi connectivity index (χ0v) is 11.7. The summed E-state index contributed by atoms with van der Waals surface area (Å²) in [6, 6.07) is 7.92. The van der Waals surface area contributed by atoms with Gasteiger partial charge in [-0.1, -0.05) is 17.7 Å². The van der Waals surface area contributed by atoms with Crippen LogP contribution in [-0.4, -0.2) is 18.6 Å². The highest BCUT2D eigenvalue weighted by molar-refractivity contribution is 6.31. The first kappa shape index (κ1) is 12.3. The first-order chi connectivity index (χ1) is 8.74. The molecule has 1 aromatic rings. The standard InChI is InChI=1S/C15H21ClN2/c1-11-3-2-8-18(11)14-7-4-12(15(16)9-14)10-17-13-5-6-13/h4,7,9,11,13,17H,2-3,5-6,8,10H2,1H3. The van der Waals surface area contributed by atoms with Gasteiger partial charge in [0.05, 0.1) is 0 Å². The summed E-state index contributed by atoms with van der Waals surface area (Å²) in [6.07, 6.45) is 5.23. The molecule has 1 aliphatic carbocycles. The summed E-state index contributed by atoms with van der Waals surface area (Å²) in [5.41, 5.74) is 2.50. The van der Waals surface area contributed by atoms with E-state index in [2.05, 4.69) is 35.3 Å². The smallest absolute Gasteiger partial charge is 0.0471 e. The summed E-state index contributed by atoms with van der Waals surface area (Å²) in [4.78, 5) is 2.46. The second-order valence-electron chi connectivity index (χ2n) is 5.62. The molecule has 1 N–H and O–H groups in total. The van der Waals surface area contributed by atoms with Crippen molar-refractivity contribution >= 4 is 17.3 Å². The van der Waals surface area contributed by atoms with E-state index >= 15 is 0 Å². The quantitative estimate of drug-likeness (QED) is 0.894. The molecule has 3 rings (SSSR count). The zero-order valence-electron chi connectivity index (χ0n) is 11.0. The van der Waals surface area contributed by atoms with Gasteiger partial charge in [0.25, 0.3) is 0 Å². The van der Waals surface area contributed by atoms with Crippen molar-refractivity contribution < 1.29 is 0 Å². The molecule has 1 unspecified atom stereocenters. The molecule has 1 atom stereocenters. The van der Waals surface area contributed by atoms with E-state index in [9.17, 15) is 0 Å². The fourth-order valence-corrected chi connectivity index (χ4v) is 2.96. The molecule has 0 spiro atoms. The Morgan fingerprint density at radius 1 is 1.33 bits per heavy atom. The van der Waals surface area contributed by atoms with Crippen molar-refractivity contribution in [3.05, 3.63) is 28.8 Å². The Bertz CT molecular complexity index is 429. The zero-order chi connectivity index (χ0) is 12.5. The van der Waals surface area contributed by atoms with Gasteiger partial charge in [-0.15, -0.1) is 0 Å². The van der Waals surface area contributed by atoms with Crippen LogP contribution in [0.15, 0.2) is 18.2 Å². The van der Waals surface area contributed by atoms with Crippen molar-refractivity contribution in [3.63, 3.8) is 0 Å². The minimum Gasteiger partial charge on any atom is -0.369 e. The molecule has 98 valence electrons. The second kappa shape index (κ2) is 5.10. The van der Waals surface area contributed by atoms with Gasteiger partial charge in [-0.2, -0.15) is 0 Å². The molecule has 0 radical (unpaired) electrons. The SMILES string of the molecule is CC1CCCN1c1ccc(CNC2CC2)c(Cl)c1. The average Bonchev–Trinajstić information content (AvgIpc) is 3.09. The molecule has 1 aromatic carbocycles. The Hall–Kier alpha value is -0.730. The lowest BCUT2D eigenvalue weighted by Gasteiger charge is -2.24. The highest BCUT2D eigenvalue weighted by Gasteiger charge is 2.22. The summed E-state index contributed by atoms with van der Waals surface area (Å²) in [5.74, 6) is 0. The van der Waals surface area contributed by atoms with Crippen LogP contribution in [0.4, 0.5) is 5.69 Å². The third-order valence-corrected chi connectivity index (χ3v) is 4.43. The number of benzene rings is 1. The van der Waals surface area contributed by atoms with Gasteiger partial charge in [0.1, 0.15) is 0 Å². The Morgan fingerprint density at radius 3 is 2.78 bits per heavy atom. The molecule has 0 aromatic heterocycles. The number of nitrogens with one attached hydrogen (secondary N) is 1. The molecule has 2 aliphatic rings. The molecular weight excluding hydrogens is 244 g/mol. The van der Waals surface area contributed by atoms with E-state index < -0.39 is 0 Å². The number of nitrogens with zero attached hydrogens (tertiary/aromatic N) is 1. The lowest BCUT2D eigenvalue weighted by Crippen LogP contribution is -2.26. The van der Waals surface area contributed by atoms with Gasteiger partial charge in [0, 0.05) is 35.9 Å². The van der Waals surface area contributed by atoms with Gasteiger partial charge in [-0.05, 0) is 50.3 Å².